The van der Waals surface area contributed by atoms with Gasteiger partial charge >= 0.3 is 5.97 Å². The lowest BCUT2D eigenvalue weighted by Crippen LogP contribution is -2.35. The molecule has 1 aromatic heterocycles. The second-order valence-electron chi connectivity index (χ2n) is 6.17. The van der Waals surface area contributed by atoms with Crippen LogP contribution in [0.1, 0.15) is 16.7 Å². The Labute approximate surface area is 141 Å². The highest BCUT2D eigenvalue weighted by Gasteiger charge is 2.18. The van der Waals surface area contributed by atoms with Crippen molar-refractivity contribution in [3.63, 3.8) is 0 Å². The number of hydrogen-bond acceptors (Lipinski definition) is 2. The first-order valence-corrected chi connectivity index (χ1v) is 8.11. The lowest BCUT2D eigenvalue weighted by atomic mass is 10.1. The average Bonchev–Trinajstić information content (AvgIpc) is 2.92. The Kier molecular flexibility index (Phi) is 4.67. The highest BCUT2D eigenvalue weighted by atomic mass is 16.4. The minimum Gasteiger partial charge on any atom is -0.480 e. The number of fused-ring (bicyclic) bond motifs is 1. The van der Waals surface area contributed by atoms with Gasteiger partial charge in [0.05, 0.1) is 0 Å². The van der Waals surface area contributed by atoms with Crippen molar-refractivity contribution in [2.24, 2.45) is 0 Å². The zero-order valence-corrected chi connectivity index (χ0v) is 14.0. The van der Waals surface area contributed by atoms with Gasteiger partial charge in [0, 0.05) is 30.1 Å². The number of rotatable bonds is 6. The number of benzene rings is 2. The van der Waals surface area contributed by atoms with Crippen molar-refractivity contribution < 1.29 is 9.90 Å². The number of likely N-dealkylation sites (N-methyl/N-ethyl adjacent to an activating group) is 1. The van der Waals surface area contributed by atoms with Crippen molar-refractivity contribution in [1.82, 2.24) is 9.88 Å². The van der Waals surface area contributed by atoms with Gasteiger partial charge in [-0.25, -0.2) is 0 Å². The molecule has 3 aromatic rings. The van der Waals surface area contributed by atoms with Crippen LogP contribution < -0.4 is 5.32 Å². The molecule has 2 N–H and O–H groups in total. The molecule has 0 spiro atoms. The van der Waals surface area contributed by atoms with Crippen molar-refractivity contribution in [1.29, 1.82) is 0 Å². The fourth-order valence-electron chi connectivity index (χ4n) is 3.04. The molecule has 0 aliphatic carbocycles. The number of aromatic nitrogens is 1. The Morgan fingerprint density at radius 3 is 2.54 bits per heavy atom. The summed E-state index contributed by atoms with van der Waals surface area (Å²) < 4.78 is 2.20. The SMILES string of the molecule is CN[C@@H](Cc1cn(Cc2ccc(C)cc2)c2ccccc12)C(=O)O. The minimum absolute atomic E-state index is 0.466. The first-order chi connectivity index (χ1) is 11.6. The van der Waals surface area contributed by atoms with Gasteiger partial charge in [-0.1, -0.05) is 48.0 Å². The van der Waals surface area contributed by atoms with E-state index in [4.69, 9.17) is 0 Å². The van der Waals surface area contributed by atoms with Crippen LogP contribution in [0.5, 0.6) is 0 Å². The molecule has 4 nitrogen and oxygen atoms in total. The quantitative estimate of drug-likeness (QED) is 0.733. The highest BCUT2D eigenvalue weighted by molar-refractivity contribution is 5.85. The van der Waals surface area contributed by atoms with Crippen molar-refractivity contribution in [3.05, 3.63) is 71.4 Å². The summed E-state index contributed by atoms with van der Waals surface area (Å²) >= 11 is 0. The Bertz CT molecular complexity index is 850. The lowest BCUT2D eigenvalue weighted by molar-refractivity contribution is -0.139. The van der Waals surface area contributed by atoms with E-state index in [9.17, 15) is 9.90 Å². The van der Waals surface area contributed by atoms with E-state index < -0.39 is 12.0 Å². The van der Waals surface area contributed by atoms with Gasteiger partial charge < -0.3 is 15.0 Å². The molecule has 1 heterocycles. The van der Waals surface area contributed by atoms with Crippen molar-refractivity contribution in [3.8, 4) is 0 Å². The van der Waals surface area contributed by atoms with Crippen LogP contribution in [0.2, 0.25) is 0 Å². The molecule has 0 aliphatic heterocycles. The minimum atomic E-state index is -0.826. The van der Waals surface area contributed by atoms with E-state index >= 15 is 0 Å². The van der Waals surface area contributed by atoms with E-state index in [-0.39, 0.29) is 0 Å². The summed E-state index contributed by atoms with van der Waals surface area (Å²) in [7, 11) is 1.68. The van der Waals surface area contributed by atoms with Crippen LogP contribution >= 0.6 is 0 Å². The Hall–Kier alpha value is -2.59. The van der Waals surface area contributed by atoms with Gasteiger partial charge in [-0.15, -0.1) is 0 Å². The zero-order valence-electron chi connectivity index (χ0n) is 14.0. The Morgan fingerprint density at radius 2 is 1.88 bits per heavy atom. The molecule has 0 saturated carbocycles. The van der Waals surface area contributed by atoms with Crippen LogP contribution in [0.15, 0.2) is 54.7 Å². The Balaban J connectivity index is 1.96. The van der Waals surface area contributed by atoms with E-state index in [1.54, 1.807) is 7.05 Å². The standard InChI is InChI=1S/C20H22N2O2/c1-14-7-9-15(10-8-14)12-22-13-16(11-18(21-2)20(23)24)17-5-3-4-6-19(17)22/h3-10,13,18,21H,11-12H2,1-2H3,(H,23,24)/t18-/m0/s1. The molecule has 0 aliphatic rings. The molecule has 0 amide bonds. The van der Waals surface area contributed by atoms with Gasteiger partial charge in [-0.3, -0.25) is 4.79 Å². The zero-order chi connectivity index (χ0) is 17.1. The highest BCUT2D eigenvalue weighted by Crippen LogP contribution is 2.23. The third-order valence-corrected chi connectivity index (χ3v) is 4.42. The molecule has 0 unspecified atom stereocenters. The number of nitrogens with one attached hydrogen (secondary N) is 1. The molecule has 3 rings (SSSR count). The van der Waals surface area contributed by atoms with Crippen LogP contribution in [0.25, 0.3) is 10.9 Å². The largest absolute Gasteiger partial charge is 0.480 e. The second kappa shape index (κ2) is 6.89. The van der Waals surface area contributed by atoms with Crippen LogP contribution in [-0.2, 0) is 17.8 Å². The fraction of sp³-hybridized carbons (Fsp3) is 0.250. The van der Waals surface area contributed by atoms with Crippen LogP contribution in [0.3, 0.4) is 0 Å². The smallest absolute Gasteiger partial charge is 0.321 e. The maximum atomic E-state index is 11.3. The number of carboxylic acid groups (broad SMARTS) is 1. The number of aryl methyl sites for hydroxylation is 1. The first-order valence-electron chi connectivity index (χ1n) is 8.11. The summed E-state index contributed by atoms with van der Waals surface area (Å²) in [5.41, 5.74) is 4.67. The number of hydrogen-bond donors (Lipinski definition) is 2. The van der Waals surface area contributed by atoms with E-state index in [1.807, 2.05) is 12.1 Å². The number of carboxylic acids is 1. The predicted octanol–water partition coefficient (Wildman–Crippen LogP) is 3.21. The molecular formula is C20H22N2O2. The van der Waals surface area contributed by atoms with Gasteiger partial charge in [0.25, 0.3) is 0 Å². The summed E-state index contributed by atoms with van der Waals surface area (Å²) in [5, 5.41) is 13.3. The van der Waals surface area contributed by atoms with Crippen molar-refractivity contribution in [2.45, 2.75) is 25.9 Å². The molecule has 24 heavy (non-hydrogen) atoms. The molecule has 0 bridgehead atoms. The van der Waals surface area contributed by atoms with E-state index in [1.165, 1.54) is 11.1 Å². The number of carbonyl (C=O) groups is 1. The fourth-order valence-corrected chi connectivity index (χ4v) is 3.04. The third-order valence-electron chi connectivity index (χ3n) is 4.42. The van der Waals surface area contributed by atoms with Crippen molar-refractivity contribution >= 4 is 16.9 Å². The van der Waals surface area contributed by atoms with Gasteiger partial charge in [0.2, 0.25) is 0 Å². The second-order valence-corrected chi connectivity index (χ2v) is 6.17. The molecule has 0 saturated heterocycles. The third kappa shape index (κ3) is 3.34. The maximum absolute atomic E-state index is 11.3. The molecule has 1 atom stereocenters. The molecule has 0 fully saturated rings. The first kappa shape index (κ1) is 16.3. The van der Waals surface area contributed by atoms with Crippen LogP contribution in [0, 0.1) is 6.92 Å². The normalized spacial score (nSPS) is 12.4. The lowest BCUT2D eigenvalue weighted by Gasteiger charge is -2.10. The summed E-state index contributed by atoms with van der Waals surface area (Å²) in [6.45, 7) is 2.86. The van der Waals surface area contributed by atoms with E-state index in [2.05, 4.69) is 59.4 Å². The summed E-state index contributed by atoms with van der Waals surface area (Å²) in [6.07, 6.45) is 2.55. The summed E-state index contributed by atoms with van der Waals surface area (Å²) in [6, 6.07) is 16.1. The van der Waals surface area contributed by atoms with Crippen LogP contribution in [0.4, 0.5) is 0 Å². The Morgan fingerprint density at radius 1 is 1.17 bits per heavy atom. The molecule has 124 valence electrons. The molecular weight excluding hydrogens is 300 g/mol. The number of aliphatic carboxylic acids is 1. The monoisotopic (exact) mass is 322 g/mol. The van der Waals surface area contributed by atoms with Crippen LogP contribution in [-0.4, -0.2) is 28.7 Å². The summed E-state index contributed by atoms with van der Waals surface area (Å²) in [5.74, 6) is -0.826. The maximum Gasteiger partial charge on any atom is 0.321 e. The van der Waals surface area contributed by atoms with Gasteiger partial charge in [0.1, 0.15) is 6.04 Å². The average molecular weight is 322 g/mol. The molecule has 0 radical (unpaired) electrons. The predicted molar refractivity (Wildman–Crippen MR) is 96.4 cm³/mol. The van der Waals surface area contributed by atoms with E-state index in [0.717, 1.165) is 23.0 Å². The topological polar surface area (TPSA) is 54.3 Å². The van der Waals surface area contributed by atoms with Gasteiger partial charge in [-0.05, 0) is 31.2 Å². The van der Waals surface area contributed by atoms with Gasteiger partial charge in [-0.2, -0.15) is 0 Å². The van der Waals surface area contributed by atoms with Gasteiger partial charge in [0.15, 0.2) is 0 Å². The summed E-state index contributed by atoms with van der Waals surface area (Å²) in [4.78, 5) is 11.3. The molecule has 2 aromatic carbocycles. The molecule has 4 heteroatoms. The number of para-hydroxylation sites is 1. The number of nitrogens with zero attached hydrogens (tertiary/aromatic N) is 1. The van der Waals surface area contributed by atoms with E-state index in [0.29, 0.717) is 6.42 Å². The van der Waals surface area contributed by atoms with Crippen molar-refractivity contribution in [2.75, 3.05) is 7.05 Å².